The van der Waals surface area contributed by atoms with Crippen molar-refractivity contribution >= 4 is 38.2 Å². The molecule has 0 saturated carbocycles. The lowest BCUT2D eigenvalue weighted by molar-refractivity contribution is 0.420. The molecule has 116 valence electrons. The van der Waals surface area contributed by atoms with Crippen LogP contribution < -0.4 is 10.3 Å². The second kappa shape index (κ2) is 4.45. The number of imidazole rings is 1. The molecule has 0 bridgehead atoms. The van der Waals surface area contributed by atoms with Crippen LogP contribution in [-0.2, 0) is 0 Å². The Morgan fingerprint density at radius 3 is 2.67 bits per heavy atom. The van der Waals surface area contributed by atoms with Crippen molar-refractivity contribution in [1.82, 2.24) is 9.38 Å². The van der Waals surface area contributed by atoms with Crippen molar-refractivity contribution in [2.24, 2.45) is 0 Å². The van der Waals surface area contributed by atoms with Crippen LogP contribution in [0.1, 0.15) is 5.56 Å². The highest BCUT2D eigenvalue weighted by Crippen LogP contribution is 2.34. The third-order valence-electron chi connectivity index (χ3n) is 4.70. The summed E-state index contributed by atoms with van der Waals surface area (Å²) in [6, 6.07) is 15.7. The molecule has 0 unspecified atom stereocenters. The molecule has 0 spiro atoms. The smallest absolute Gasteiger partial charge is 0.264 e. The normalized spacial score (nSPS) is 11.9. The van der Waals surface area contributed by atoms with E-state index in [0.717, 1.165) is 38.5 Å². The molecule has 0 aliphatic carbocycles. The zero-order valence-corrected chi connectivity index (χ0v) is 13.3. The summed E-state index contributed by atoms with van der Waals surface area (Å²) < 4.78 is 7.19. The van der Waals surface area contributed by atoms with Crippen LogP contribution in [0.4, 0.5) is 0 Å². The van der Waals surface area contributed by atoms with Crippen LogP contribution >= 0.6 is 0 Å². The molecule has 0 aliphatic rings. The molecule has 0 N–H and O–H groups in total. The number of aromatic nitrogens is 2. The number of benzene rings is 3. The van der Waals surface area contributed by atoms with Gasteiger partial charge in [-0.05, 0) is 42.8 Å². The highest BCUT2D eigenvalue weighted by molar-refractivity contribution is 6.17. The highest BCUT2D eigenvalue weighted by atomic mass is 16.5. The molecule has 5 rings (SSSR count). The minimum atomic E-state index is -0.0375. The maximum atomic E-state index is 13.2. The fourth-order valence-corrected chi connectivity index (χ4v) is 3.61. The predicted molar refractivity (Wildman–Crippen MR) is 96.5 cm³/mol. The topological polar surface area (TPSA) is 43.6 Å². The quantitative estimate of drug-likeness (QED) is 0.471. The van der Waals surface area contributed by atoms with Crippen LogP contribution in [0.2, 0.25) is 0 Å². The zero-order chi connectivity index (χ0) is 16.4. The molecular weight excluding hydrogens is 300 g/mol. The van der Waals surface area contributed by atoms with Crippen molar-refractivity contribution < 1.29 is 4.74 Å². The van der Waals surface area contributed by atoms with Crippen molar-refractivity contribution in [3.63, 3.8) is 0 Å². The van der Waals surface area contributed by atoms with E-state index in [1.54, 1.807) is 11.5 Å². The van der Waals surface area contributed by atoms with Crippen LogP contribution in [0.15, 0.2) is 53.3 Å². The molecular formula is C20H14N2O2. The fraction of sp³-hybridized carbons (Fsp3) is 0.100. The number of hydrogen-bond acceptors (Lipinski definition) is 3. The average molecular weight is 314 g/mol. The molecule has 4 heteroatoms. The summed E-state index contributed by atoms with van der Waals surface area (Å²) in [6.45, 7) is 2.02. The van der Waals surface area contributed by atoms with Gasteiger partial charge in [-0.1, -0.05) is 18.2 Å². The van der Waals surface area contributed by atoms with E-state index in [-0.39, 0.29) is 5.56 Å². The molecule has 2 aromatic heterocycles. The first-order valence-corrected chi connectivity index (χ1v) is 7.83. The lowest BCUT2D eigenvalue weighted by atomic mass is 10.0. The molecule has 24 heavy (non-hydrogen) atoms. The minimum Gasteiger partial charge on any atom is -0.496 e. The van der Waals surface area contributed by atoms with E-state index in [0.29, 0.717) is 11.0 Å². The number of rotatable bonds is 1. The Bertz CT molecular complexity index is 1320. The van der Waals surface area contributed by atoms with E-state index < -0.39 is 0 Å². The third-order valence-corrected chi connectivity index (χ3v) is 4.70. The molecule has 0 aliphatic heterocycles. The molecule has 0 saturated heterocycles. The van der Waals surface area contributed by atoms with E-state index >= 15 is 0 Å². The molecule has 0 atom stereocenters. The Morgan fingerprint density at radius 1 is 1.00 bits per heavy atom. The Labute approximate surface area is 137 Å². The van der Waals surface area contributed by atoms with Crippen molar-refractivity contribution in [2.45, 2.75) is 6.92 Å². The van der Waals surface area contributed by atoms with E-state index in [9.17, 15) is 4.79 Å². The van der Waals surface area contributed by atoms with E-state index in [2.05, 4.69) is 0 Å². The van der Waals surface area contributed by atoms with Crippen LogP contribution in [-0.4, -0.2) is 16.5 Å². The number of methoxy groups -OCH3 is 1. The van der Waals surface area contributed by atoms with E-state index in [1.165, 1.54) is 0 Å². The Kier molecular flexibility index (Phi) is 2.47. The summed E-state index contributed by atoms with van der Waals surface area (Å²) in [5, 5.41) is 3.52. The lowest BCUT2D eigenvalue weighted by Gasteiger charge is -2.10. The maximum absolute atomic E-state index is 13.2. The number of ether oxygens (including phenoxy) is 1. The molecule has 2 heterocycles. The monoisotopic (exact) mass is 314 g/mol. The van der Waals surface area contributed by atoms with Crippen LogP contribution in [0.25, 0.3) is 38.2 Å². The second-order valence-electron chi connectivity index (χ2n) is 6.11. The Balaban J connectivity index is 2.17. The van der Waals surface area contributed by atoms with Gasteiger partial charge in [0.1, 0.15) is 11.4 Å². The molecule has 0 radical (unpaired) electrons. The minimum absolute atomic E-state index is 0.0375. The van der Waals surface area contributed by atoms with Gasteiger partial charge in [0, 0.05) is 21.5 Å². The summed E-state index contributed by atoms with van der Waals surface area (Å²) in [5.74, 6) is 0.767. The van der Waals surface area contributed by atoms with Crippen molar-refractivity contribution in [1.29, 1.82) is 0 Å². The van der Waals surface area contributed by atoms with Gasteiger partial charge in [-0.15, -0.1) is 0 Å². The second-order valence-corrected chi connectivity index (χ2v) is 6.11. The number of fused-ring (bicyclic) bond motifs is 4. The van der Waals surface area contributed by atoms with Gasteiger partial charge >= 0.3 is 0 Å². The van der Waals surface area contributed by atoms with Crippen LogP contribution in [0.5, 0.6) is 5.75 Å². The van der Waals surface area contributed by atoms with Crippen LogP contribution in [0, 0.1) is 6.92 Å². The maximum Gasteiger partial charge on any atom is 0.264 e. The van der Waals surface area contributed by atoms with Gasteiger partial charge in [0.05, 0.1) is 18.1 Å². The number of hydrogen-bond donors (Lipinski definition) is 0. The van der Waals surface area contributed by atoms with E-state index in [1.807, 2.05) is 55.5 Å². The van der Waals surface area contributed by atoms with Crippen molar-refractivity contribution in [2.75, 3.05) is 7.11 Å². The molecule has 5 aromatic rings. The Morgan fingerprint density at radius 2 is 1.83 bits per heavy atom. The SMILES string of the molecule is COc1ccc2c3c1cccc3c(=O)n1c3cc(C)ccc3nc21. The van der Waals surface area contributed by atoms with Gasteiger partial charge in [-0.25, -0.2) is 4.98 Å². The Hall–Kier alpha value is -3.14. The summed E-state index contributed by atoms with van der Waals surface area (Å²) in [4.78, 5) is 17.9. The number of nitrogens with zero attached hydrogens (tertiary/aromatic N) is 2. The van der Waals surface area contributed by atoms with Gasteiger partial charge in [0.25, 0.3) is 5.56 Å². The fourth-order valence-electron chi connectivity index (χ4n) is 3.61. The molecule has 0 fully saturated rings. The molecule has 4 nitrogen and oxygen atoms in total. The summed E-state index contributed by atoms with van der Waals surface area (Å²) in [6.07, 6.45) is 0. The van der Waals surface area contributed by atoms with Gasteiger partial charge in [0.2, 0.25) is 0 Å². The van der Waals surface area contributed by atoms with Gasteiger partial charge in [0.15, 0.2) is 0 Å². The molecule has 3 aromatic carbocycles. The van der Waals surface area contributed by atoms with Crippen molar-refractivity contribution in [3.05, 3.63) is 64.4 Å². The number of aryl methyl sites for hydroxylation is 1. The van der Waals surface area contributed by atoms with Crippen LogP contribution in [0.3, 0.4) is 0 Å². The average Bonchev–Trinajstić information content (AvgIpc) is 2.98. The van der Waals surface area contributed by atoms with E-state index in [4.69, 9.17) is 9.72 Å². The highest BCUT2D eigenvalue weighted by Gasteiger charge is 2.17. The lowest BCUT2D eigenvalue weighted by Crippen LogP contribution is -2.13. The standard InChI is InChI=1S/C20H14N2O2/c1-11-6-8-15-16(10-11)22-19(21-15)13-7-9-17(24-2)12-4-3-5-14(18(12)13)20(22)23/h3-10H,1-2H3. The number of pyridine rings is 1. The summed E-state index contributed by atoms with van der Waals surface area (Å²) in [5.41, 5.74) is 3.46. The van der Waals surface area contributed by atoms with Crippen molar-refractivity contribution in [3.8, 4) is 5.75 Å². The summed E-state index contributed by atoms with van der Waals surface area (Å²) in [7, 11) is 1.65. The molecule has 0 amide bonds. The third kappa shape index (κ3) is 1.52. The first kappa shape index (κ1) is 13.3. The largest absolute Gasteiger partial charge is 0.496 e. The zero-order valence-electron chi connectivity index (χ0n) is 13.3. The first-order chi connectivity index (χ1) is 11.7. The first-order valence-electron chi connectivity index (χ1n) is 7.83. The summed E-state index contributed by atoms with van der Waals surface area (Å²) >= 11 is 0. The van der Waals surface area contributed by atoms with Gasteiger partial charge in [-0.2, -0.15) is 0 Å². The van der Waals surface area contributed by atoms with Gasteiger partial charge in [-0.3, -0.25) is 9.20 Å². The van der Waals surface area contributed by atoms with Gasteiger partial charge < -0.3 is 4.74 Å². The predicted octanol–water partition coefficient (Wildman–Crippen LogP) is 3.91.